The minimum atomic E-state index is -2.32. The molecule has 0 unspecified atom stereocenters. The third kappa shape index (κ3) is 2.23. The summed E-state index contributed by atoms with van der Waals surface area (Å²) in [5.74, 6) is 0.547. The van der Waals surface area contributed by atoms with E-state index in [-0.39, 0.29) is 0 Å². The topological polar surface area (TPSA) is 29.4 Å². The highest BCUT2D eigenvalue weighted by atomic mass is 127. The summed E-state index contributed by atoms with van der Waals surface area (Å²) in [7, 11) is -2.32. The fourth-order valence-electron chi connectivity index (χ4n) is 2.25. The molecule has 5 heteroatoms. The number of hydrogen-bond acceptors (Lipinski definition) is 2. The van der Waals surface area contributed by atoms with Crippen molar-refractivity contribution in [2.24, 2.45) is 4.36 Å². The zero-order valence-corrected chi connectivity index (χ0v) is 15.3. The fourth-order valence-corrected chi connectivity index (χ4v) is 6.22. The van der Waals surface area contributed by atoms with Crippen LogP contribution in [0.15, 0.2) is 45.7 Å². The lowest BCUT2D eigenvalue weighted by atomic mass is 10.0. The highest BCUT2D eigenvalue weighted by molar-refractivity contribution is 14.1. The molecular weight excluding hydrogens is 484 g/mol. The molecule has 1 atom stereocenters. The first-order valence-electron chi connectivity index (χ1n) is 5.88. The van der Waals surface area contributed by atoms with Crippen LogP contribution in [0.25, 0.3) is 11.1 Å². The predicted octanol–water partition coefficient (Wildman–Crippen LogP) is 5.05. The smallest absolute Gasteiger partial charge is 0.0946 e. The number of fused-ring (bicyclic) bond motifs is 3. The molecule has 98 valence electrons. The van der Waals surface area contributed by atoms with Crippen LogP contribution in [-0.2, 0) is 9.73 Å². The Morgan fingerprint density at radius 3 is 2.63 bits per heavy atom. The highest BCUT2D eigenvalue weighted by Crippen LogP contribution is 2.44. The van der Waals surface area contributed by atoms with Crippen molar-refractivity contribution in [1.29, 1.82) is 0 Å². The molecule has 0 radical (unpaired) electrons. The zero-order chi connectivity index (χ0) is 13.6. The number of rotatable bonds is 1. The lowest BCUT2D eigenvalue weighted by molar-refractivity contribution is 0.677. The number of halogens is 2. The second-order valence-corrected chi connectivity index (χ2v) is 9.19. The Labute approximate surface area is 140 Å². The molecule has 1 heterocycles. The Kier molecular flexibility index (Phi) is 3.63. The van der Waals surface area contributed by atoms with Crippen molar-refractivity contribution in [1.82, 2.24) is 0 Å². The molecule has 0 fully saturated rings. The minimum absolute atomic E-state index is 0.547. The molecule has 1 aliphatic heterocycles. The van der Waals surface area contributed by atoms with Crippen molar-refractivity contribution in [3.05, 3.63) is 43.5 Å². The molecule has 0 N–H and O–H groups in total. The van der Waals surface area contributed by atoms with Crippen molar-refractivity contribution in [3.63, 3.8) is 0 Å². The molecule has 2 aromatic rings. The zero-order valence-electron chi connectivity index (χ0n) is 10.2. The molecule has 2 aromatic carbocycles. The molecule has 3 rings (SSSR count). The van der Waals surface area contributed by atoms with Gasteiger partial charge in [-0.2, -0.15) is 4.36 Å². The van der Waals surface area contributed by atoms with Crippen LogP contribution < -0.4 is 0 Å². The largest absolute Gasteiger partial charge is 0.244 e. The maximum Gasteiger partial charge on any atom is 0.0946 e. The van der Waals surface area contributed by atoms with Crippen LogP contribution in [0.4, 0.5) is 5.69 Å². The minimum Gasteiger partial charge on any atom is -0.244 e. The van der Waals surface area contributed by atoms with Crippen LogP contribution in [0.3, 0.4) is 0 Å². The van der Waals surface area contributed by atoms with Crippen molar-refractivity contribution < 1.29 is 4.21 Å². The SMILES string of the molecule is CC[S@]1(=O)=Nc2c(I)cc(I)cc2-c2ccccc21. The van der Waals surface area contributed by atoms with Crippen molar-refractivity contribution in [3.8, 4) is 11.1 Å². The standard InChI is InChI=1S/C14H11I2NOS/c1-2-19(18)13-6-4-3-5-10(13)11-7-9(15)8-12(16)14(11)17-19/h3-8H,2H2,1H3/t19-/m1/s1. The summed E-state index contributed by atoms with van der Waals surface area (Å²) < 4.78 is 19.9. The number of hydrogen-bond donors (Lipinski definition) is 0. The van der Waals surface area contributed by atoms with E-state index < -0.39 is 9.73 Å². The summed E-state index contributed by atoms with van der Waals surface area (Å²) in [6, 6.07) is 12.1. The highest BCUT2D eigenvalue weighted by Gasteiger charge is 2.24. The third-order valence-electron chi connectivity index (χ3n) is 3.18. The van der Waals surface area contributed by atoms with Gasteiger partial charge in [0.05, 0.1) is 20.3 Å². The van der Waals surface area contributed by atoms with E-state index in [9.17, 15) is 4.21 Å². The Morgan fingerprint density at radius 2 is 1.89 bits per heavy atom. The van der Waals surface area contributed by atoms with Gasteiger partial charge >= 0.3 is 0 Å². The van der Waals surface area contributed by atoms with E-state index in [0.717, 1.165) is 25.3 Å². The predicted molar refractivity (Wildman–Crippen MR) is 96.3 cm³/mol. The van der Waals surface area contributed by atoms with Crippen LogP contribution >= 0.6 is 45.2 Å². The molecule has 0 spiro atoms. The van der Waals surface area contributed by atoms with E-state index in [2.05, 4.69) is 61.7 Å². The van der Waals surface area contributed by atoms with Gasteiger partial charge in [-0.3, -0.25) is 0 Å². The molecule has 0 bridgehead atoms. The van der Waals surface area contributed by atoms with Crippen LogP contribution in [0, 0.1) is 7.14 Å². The van der Waals surface area contributed by atoms with Crippen LogP contribution in [0.2, 0.25) is 0 Å². The molecule has 0 saturated heterocycles. The molecule has 1 aliphatic rings. The fraction of sp³-hybridized carbons (Fsp3) is 0.143. The van der Waals surface area contributed by atoms with E-state index in [1.807, 2.05) is 31.2 Å². The molecule has 0 aliphatic carbocycles. The Hall–Kier alpha value is -0.150. The average molecular weight is 495 g/mol. The maximum absolute atomic E-state index is 13.0. The second kappa shape index (κ2) is 5.00. The van der Waals surface area contributed by atoms with Crippen LogP contribution in [0.1, 0.15) is 6.92 Å². The van der Waals surface area contributed by atoms with E-state index in [0.29, 0.717) is 5.75 Å². The van der Waals surface area contributed by atoms with Gasteiger partial charge in [0.1, 0.15) is 0 Å². The molecule has 0 aromatic heterocycles. The monoisotopic (exact) mass is 495 g/mol. The molecule has 0 saturated carbocycles. The molecule has 19 heavy (non-hydrogen) atoms. The van der Waals surface area contributed by atoms with Gasteiger partial charge in [0, 0.05) is 24.0 Å². The van der Waals surface area contributed by atoms with Gasteiger partial charge in [-0.1, -0.05) is 25.1 Å². The first-order chi connectivity index (χ1) is 9.05. The van der Waals surface area contributed by atoms with Gasteiger partial charge in [-0.25, -0.2) is 4.21 Å². The van der Waals surface area contributed by atoms with E-state index in [1.165, 1.54) is 3.57 Å². The number of benzene rings is 2. The normalized spacial score (nSPS) is 20.4. The summed E-state index contributed by atoms with van der Waals surface area (Å²) >= 11 is 4.59. The summed E-state index contributed by atoms with van der Waals surface area (Å²) in [5.41, 5.74) is 3.04. The van der Waals surface area contributed by atoms with Gasteiger partial charge in [-0.15, -0.1) is 0 Å². The average Bonchev–Trinajstić information content (AvgIpc) is 2.41. The first-order valence-corrected chi connectivity index (χ1v) is 9.72. The molecular formula is C14H11I2NOS. The van der Waals surface area contributed by atoms with Crippen molar-refractivity contribution in [2.45, 2.75) is 11.8 Å². The van der Waals surface area contributed by atoms with Gasteiger partial charge in [0.25, 0.3) is 0 Å². The van der Waals surface area contributed by atoms with Crippen LogP contribution in [0.5, 0.6) is 0 Å². The van der Waals surface area contributed by atoms with E-state index in [1.54, 1.807) is 0 Å². The van der Waals surface area contributed by atoms with Gasteiger partial charge < -0.3 is 0 Å². The quantitative estimate of drug-likeness (QED) is 0.510. The molecule has 0 amide bonds. The molecule has 2 nitrogen and oxygen atoms in total. The third-order valence-corrected chi connectivity index (χ3v) is 6.93. The maximum atomic E-state index is 13.0. The summed E-state index contributed by atoms with van der Waals surface area (Å²) in [6.07, 6.45) is 0. The summed E-state index contributed by atoms with van der Waals surface area (Å²) in [6.45, 7) is 1.94. The van der Waals surface area contributed by atoms with Gasteiger partial charge in [-0.05, 0) is 63.4 Å². The lowest BCUT2D eigenvalue weighted by Gasteiger charge is -2.21. The lowest BCUT2D eigenvalue weighted by Crippen LogP contribution is -2.09. The first kappa shape index (κ1) is 13.8. The van der Waals surface area contributed by atoms with Gasteiger partial charge in [0.15, 0.2) is 0 Å². The van der Waals surface area contributed by atoms with Gasteiger partial charge in [0.2, 0.25) is 0 Å². The Bertz CT molecular complexity index is 792. The summed E-state index contributed by atoms with van der Waals surface area (Å²) in [4.78, 5) is 0.878. The van der Waals surface area contributed by atoms with E-state index >= 15 is 0 Å². The van der Waals surface area contributed by atoms with Crippen LogP contribution in [-0.4, -0.2) is 9.96 Å². The second-order valence-electron chi connectivity index (χ2n) is 4.30. The van der Waals surface area contributed by atoms with Crippen molar-refractivity contribution in [2.75, 3.05) is 5.75 Å². The Morgan fingerprint density at radius 1 is 1.16 bits per heavy atom. The van der Waals surface area contributed by atoms with E-state index in [4.69, 9.17) is 0 Å². The summed E-state index contributed by atoms with van der Waals surface area (Å²) in [5, 5.41) is 0. The Balaban J connectivity index is 2.49. The number of nitrogens with zero attached hydrogens (tertiary/aromatic N) is 1. The van der Waals surface area contributed by atoms with Crippen molar-refractivity contribution >= 4 is 60.6 Å².